The molecule has 1 N–H and O–H groups in total. The van der Waals surface area contributed by atoms with Crippen LogP contribution in [0.2, 0.25) is 0 Å². The second kappa shape index (κ2) is 7.21. The molecule has 0 saturated carbocycles. The minimum Gasteiger partial charge on any atom is -0.497 e. The Hall–Kier alpha value is -2.44. The third kappa shape index (κ3) is 3.67. The summed E-state index contributed by atoms with van der Waals surface area (Å²) in [5, 5.41) is 2.84. The molecule has 1 aromatic rings. The number of likely N-dealkylation sites (N-methyl/N-ethyl adjacent to an activating group) is 1. The van der Waals surface area contributed by atoms with Crippen LogP contribution in [0.1, 0.15) is 12.5 Å². The topological polar surface area (TPSA) is 71.1 Å². The zero-order chi connectivity index (χ0) is 17.0. The molecular weight excluding hydrogens is 298 g/mol. The first-order valence-corrected chi connectivity index (χ1v) is 7.48. The number of amides is 3. The molecule has 1 aliphatic heterocycles. The Morgan fingerprint density at radius 1 is 1.30 bits per heavy atom. The molecule has 0 radical (unpaired) electrons. The van der Waals surface area contributed by atoms with E-state index in [0.717, 1.165) is 5.56 Å². The number of nitrogens with one attached hydrogen (secondary N) is 1. The number of nitrogens with zero attached hydrogens (tertiary/aromatic N) is 2. The largest absolute Gasteiger partial charge is 0.497 e. The number of hydrogen-bond donors (Lipinski definition) is 1. The number of ether oxygens (including phenoxy) is 2. The van der Waals surface area contributed by atoms with Crippen LogP contribution in [-0.2, 0) is 11.3 Å². The Morgan fingerprint density at radius 3 is 2.70 bits per heavy atom. The lowest BCUT2D eigenvalue weighted by atomic mass is 10.1. The molecule has 7 nitrogen and oxygen atoms in total. The van der Waals surface area contributed by atoms with E-state index in [-0.39, 0.29) is 11.9 Å². The molecule has 1 atom stereocenters. The van der Waals surface area contributed by atoms with E-state index in [1.165, 1.54) is 0 Å². The van der Waals surface area contributed by atoms with Crippen LogP contribution in [0.3, 0.4) is 0 Å². The number of hydrogen-bond acceptors (Lipinski definition) is 4. The van der Waals surface area contributed by atoms with Crippen LogP contribution in [-0.4, -0.2) is 62.1 Å². The van der Waals surface area contributed by atoms with Crippen molar-refractivity contribution >= 4 is 11.9 Å². The average molecular weight is 321 g/mol. The summed E-state index contributed by atoms with van der Waals surface area (Å²) < 4.78 is 10.5. The molecule has 1 heterocycles. The SMILES string of the molecule is COc1ccc(OC)c(CNC(=O)N2CCN(C)C(=O)[C@H]2C)c1. The highest BCUT2D eigenvalue weighted by Crippen LogP contribution is 2.23. The second-order valence-corrected chi connectivity index (χ2v) is 5.47. The summed E-state index contributed by atoms with van der Waals surface area (Å²) in [6.45, 7) is 3.10. The highest BCUT2D eigenvalue weighted by molar-refractivity contribution is 5.87. The highest BCUT2D eigenvalue weighted by atomic mass is 16.5. The van der Waals surface area contributed by atoms with E-state index in [1.54, 1.807) is 50.1 Å². The van der Waals surface area contributed by atoms with E-state index in [4.69, 9.17) is 9.47 Å². The Labute approximate surface area is 136 Å². The van der Waals surface area contributed by atoms with Gasteiger partial charge in [0.1, 0.15) is 17.5 Å². The van der Waals surface area contributed by atoms with Gasteiger partial charge in [-0.3, -0.25) is 4.79 Å². The summed E-state index contributed by atoms with van der Waals surface area (Å²) in [5.74, 6) is 1.32. The zero-order valence-corrected chi connectivity index (χ0v) is 14.0. The number of methoxy groups -OCH3 is 2. The summed E-state index contributed by atoms with van der Waals surface area (Å²) in [7, 11) is 4.91. The summed E-state index contributed by atoms with van der Waals surface area (Å²) in [6, 6.07) is 4.69. The van der Waals surface area contributed by atoms with Crippen LogP contribution in [0, 0.1) is 0 Å². The van der Waals surface area contributed by atoms with E-state index < -0.39 is 6.04 Å². The van der Waals surface area contributed by atoms with Gasteiger partial charge in [-0.25, -0.2) is 4.79 Å². The van der Waals surface area contributed by atoms with Crippen molar-refractivity contribution in [1.29, 1.82) is 0 Å². The number of rotatable bonds is 4. The molecular formula is C16H23N3O4. The van der Waals surface area contributed by atoms with Crippen molar-refractivity contribution in [2.75, 3.05) is 34.4 Å². The van der Waals surface area contributed by atoms with E-state index in [1.807, 2.05) is 6.07 Å². The van der Waals surface area contributed by atoms with Gasteiger partial charge in [0.25, 0.3) is 0 Å². The fourth-order valence-corrected chi connectivity index (χ4v) is 2.58. The maximum atomic E-state index is 12.4. The first kappa shape index (κ1) is 16.9. The molecule has 1 fully saturated rings. The predicted octanol–water partition coefficient (Wildman–Crippen LogP) is 1.08. The molecule has 0 unspecified atom stereocenters. The maximum Gasteiger partial charge on any atom is 0.318 e. The van der Waals surface area contributed by atoms with Gasteiger partial charge in [-0.15, -0.1) is 0 Å². The molecule has 0 aromatic heterocycles. The number of piperazine rings is 1. The van der Waals surface area contributed by atoms with Crippen LogP contribution in [0.25, 0.3) is 0 Å². The van der Waals surface area contributed by atoms with Crippen LogP contribution in [0.5, 0.6) is 11.5 Å². The van der Waals surface area contributed by atoms with Gasteiger partial charge in [-0.05, 0) is 25.1 Å². The third-order valence-corrected chi connectivity index (χ3v) is 4.06. The van der Waals surface area contributed by atoms with Crippen LogP contribution in [0.4, 0.5) is 4.79 Å². The summed E-state index contributed by atoms with van der Waals surface area (Å²) >= 11 is 0. The van der Waals surface area contributed by atoms with Crippen molar-refractivity contribution in [3.8, 4) is 11.5 Å². The summed E-state index contributed by atoms with van der Waals surface area (Å²) in [6.07, 6.45) is 0. The van der Waals surface area contributed by atoms with Gasteiger partial charge in [0, 0.05) is 32.2 Å². The molecule has 0 spiro atoms. The normalized spacial score (nSPS) is 17.9. The Balaban J connectivity index is 2.03. The lowest BCUT2D eigenvalue weighted by Gasteiger charge is -2.37. The van der Waals surface area contributed by atoms with Crippen molar-refractivity contribution in [2.45, 2.75) is 19.5 Å². The Kier molecular flexibility index (Phi) is 5.31. The van der Waals surface area contributed by atoms with Crippen LogP contribution < -0.4 is 14.8 Å². The van der Waals surface area contributed by atoms with Gasteiger partial charge in [0.05, 0.1) is 14.2 Å². The summed E-state index contributed by atoms with van der Waals surface area (Å²) in [5.41, 5.74) is 0.813. The smallest absolute Gasteiger partial charge is 0.318 e. The van der Waals surface area contributed by atoms with Crippen molar-refractivity contribution in [1.82, 2.24) is 15.1 Å². The van der Waals surface area contributed by atoms with Crippen molar-refractivity contribution in [3.05, 3.63) is 23.8 Å². The fourth-order valence-electron chi connectivity index (χ4n) is 2.58. The minimum atomic E-state index is -0.457. The monoisotopic (exact) mass is 321 g/mol. The van der Waals surface area contributed by atoms with Gasteiger partial charge in [0.2, 0.25) is 5.91 Å². The van der Waals surface area contributed by atoms with Gasteiger partial charge in [0.15, 0.2) is 0 Å². The first-order chi connectivity index (χ1) is 11.0. The standard InChI is InChI=1S/C16H23N3O4/c1-11-15(20)18(2)7-8-19(11)16(21)17-10-12-9-13(22-3)5-6-14(12)23-4/h5-6,9,11H,7-8,10H2,1-4H3,(H,17,21)/t11-/m1/s1. The van der Waals surface area contributed by atoms with E-state index in [9.17, 15) is 9.59 Å². The number of benzene rings is 1. The van der Waals surface area contributed by atoms with Crippen LogP contribution in [0.15, 0.2) is 18.2 Å². The zero-order valence-electron chi connectivity index (χ0n) is 14.0. The number of carbonyl (C=O) groups excluding carboxylic acids is 2. The van der Waals surface area contributed by atoms with E-state index in [0.29, 0.717) is 31.1 Å². The minimum absolute atomic E-state index is 0.0506. The van der Waals surface area contributed by atoms with Gasteiger partial charge in [-0.2, -0.15) is 0 Å². The van der Waals surface area contributed by atoms with Crippen molar-refractivity contribution in [2.24, 2.45) is 0 Å². The van der Waals surface area contributed by atoms with Gasteiger partial charge >= 0.3 is 6.03 Å². The molecule has 23 heavy (non-hydrogen) atoms. The lowest BCUT2D eigenvalue weighted by Crippen LogP contribution is -2.58. The molecule has 0 bridgehead atoms. The quantitative estimate of drug-likeness (QED) is 0.901. The first-order valence-electron chi connectivity index (χ1n) is 7.48. The maximum absolute atomic E-state index is 12.4. The molecule has 7 heteroatoms. The van der Waals surface area contributed by atoms with Crippen LogP contribution >= 0.6 is 0 Å². The third-order valence-electron chi connectivity index (χ3n) is 4.06. The average Bonchev–Trinajstić information content (AvgIpc) is 2.57. The Bertz CT molecular complexity index is 591. The molecule has 1 aromatic carbocycles. The predicted molar refractivity (Wildman–Crippen MR) is 85.6 cm³/mol. The van der Waals surface area contributed by atoms with Gasteiger partial charge < -0.3 is 24.6 Å². The highest BCUT2D eigenvalue weighted by Gasteiger charge is 2.32. The van der Waals surface area contributed by atoms with E-state index >= 15 is 0 Å². The second-order valence-electron chi connectivity index (χ2n) is 5.47. The Morgan fingerprint density at radius 2 is 2.04 bits per heavy atom. The number of carbonyl (C=O) groups is 2. The molecule has 1 aliphatic rings. The molecule has 1 saturated heterocycles. The summed E-state index contributed by atoms with van der Waals surface area (Å²) in [4.78, 5) is 27.5. The van der Waals surface area contributed by atoms with Crippen molar-refractivity contribution < 1.29 is 19.1 Å². The van der Waals surface area contributed by atoms with Crippen molar-refractivity contribution in [3.63, 3.8) is 0 Å². The number of urea groups is 1. The molecule has 2 rings (SSSR count). The molecule has 3 amide bonds. The van der Waals surface area contributed by atoms with Gasteiger partial charge in [-0.1, -0.05) is 0 Å². The van der Waals surface area contributed by atoms with E-state index in [2.05, 4.69) is 5.32 Å². The molecule has 126 valence electrons. The fraction of sp³-hybridized carbons (Fsp3) is 0.500. The molecule has 0 aliphatic carbocycles. The lowest BCUT2D eigenvalue weighted by molar-refractivity contribution is -0.137.